The predicted molar refractivity (Wildman–Crippen MR) is 67.3 cm³/mol. The van der Waals surface area contributed by atoms with Crippen molar-refractivity contribution in [2.45, 2.75) is 54.4 Å². The Labute approximate surface area is 99.1 Å². The zero-order valence-corrected chi connectivity index (χ0v) is 11.4. The van der Waals surface area contributed by atoms with Crippen LogP contribution in [0.25, 0.3) is 0 Å². The minimum absolute atomic E-state index is 0.112. The molecule has 0 aliphatic carbocycles. The van der Waals surface area contributed by atoms with Crippen molar-refractivity contribution in [1.82, 2.24) is 0 Å². The second-order valence-corrected chi connectivity index (χ2v) is 4.69. The largest absolute Gasteiger partial charge is 0.295 e. The fourth-order valence-corrected chi connectivity index (χ4v) is 1.95. The van der Waals surface area contributed by atoms with Gasteiger partial charge in [-0.15, -0.1) is 0 Å². The lowest BCUT2D eigenvalue weighted by Gasteiger charge is -2.18. The van der Waals surface area contributed by atoms with E-state index in [4.69, 9.17) is 0 Å². The molecule has 0 rings (SSSR count). The van der Waals surface area contributed by atoms with Crippen molar-refractivity contribution in [3.8, 4) is 0 Å². The molecule has 0 aliphatic rings. The molecule has 0 aromatic rings. The molecule has 0 saturated carbocycles. The Hall–Kier alpha value is -0.920. The molecule has 16 heavy (non-hydrogen) atoms. The third-order valence-electron chi connectivity index (χ3n) is 2.69. The van der Waals surface area contributed by atoms with E-state index in [2.05, 4.69) is 0 Å². The van der Waals surface area contributed by atoms with Gasteiger partial charge in [-0.25, -0.2) is 0 Å². The van der Waals surface area contributed by atoms with Crippen molar-refractivity contribution >= 4 is 11.6 Å². The maximum absolute atomic E-state index is 11.9. The van der Waals surface area contributed by atoms with E-state index in [1.54, 1.807) is 0 Å². The van der Waals surface area contributed by atoms with Crippen LogP contribution in [0.4, 0.5) is 0 Å². The van der Waals surface area contributed by atoms with E-state index in [1.807, 2.05) is 41.5 Å². The number of ketones is 2. The molecule has 0 aromatic carbocycles. The van der Waals surface area contributed by atoms with Crippen LogP contribution >= 0.6 is 0 Å². The molecule has 0 amide bonds. The Balaban J connectivity index is 5.63. The summed E-state index contributed by atoms with van der Waals surface area (Å²) in [5.74, 6) is 0.474. The maximum Gasteiger partial charge on any atom is 0.159 e. The summed E-state index contributed by atoms with van der Waals surface area (Å²) >= 11 is 0. The average molecular weight is 224 g/mol. The second-order valence-electron chi connectivity index (χ2n) is 4.69. The van der Waals surface area contributed by atoms with Gasteiger partial charge in [0.2, 0.25) is 0 Å². The Morgan fingerprint density at radius 3 is 1.12 bits per heavy atom. The van der Waals surface area contributed by atoms with Crippen LogP contribution < -0.4 is 0 Å². The Kier molecular flexibility index (Phi) is 6.24. The molecule has 92 valence electrons. The van der Waals surface area contributed by atoms with E-state index >= 15 is 0 Å². The number of Topliss-reactive ketones (excluding diaryl/α,β-unsaturated/α-hetero) is 2. The summed E-state index contributed by atoms with van der Waals surface area (Å²) in [5.41, 5.74) is 1.48. The van der Waals surface area contributed by atoms with E-state index < -0.39 is 0 Å². The first-order chi connectivity index (χ1) is 7.36. The molecule has 0 N–H and O–H groups in total. The first-order valence-electron chi connectivity index (χ1n) is 6.17. The third-order valence-corrected chi connectivity index (χ3v) is 2.69. The summed E-state index contributed by atoms with van der Waals surface area (Å²) in [4.78, 5) is 23.8. The first kappa shape index (κ1) is 15.1. The molecule has 0 atom stereocenters. The van der Waals surface area contributed by atoms with Crippen molar-refractivity contribution in [2.24, 2.45) is 11.8 Å². The normalized spacial score (nSPS) is 13.0. The van der Waals surface area contributed by atoms with Crippen molar-refractivity contribution in [1.29, 1.82) is 0 Å². The Bertz CT molecular complexity index is 266. The number of carbonyl (C=O) groups is 2. The van der Waals surface area contributed by atoms with E-state index in [-0.39, 0.29) is 23.4 Å². The SMILES string of the molecule is CCC(=O)C(=C(C(=O)CC)C(C)C)C(C)C. The number of hydrogen-bond donors (Lipinski definition) is 0. The summed E-state index contributed by atoms with van der Waals surface area (Å²) in [7, 11) is 0. The number of hydrogen-bond acceptors (Lipinski definition) is 2. The van der Waals surface area contributed by atoms with Crippen molar-refractivity contribution in [2.75, 3.05) is 0 Å². The van der Waals surface area contributed by atoms with Gasteiger partial charge in [-0.05, 0) is 11.8 Å². The lowest BCUT2D eigenvalue weighted by molar-refractivity contribution is -0.118. The molecule has 0 radical (unpaired) electrons. The van der Waals surface area contributed by atoms with Crippen LogP contribution in [0, 0.1) is 11.8 Å². The molecule has 0 fully saturated rings. The molecule has 0 saturated heterocycles. The topological polar surface area (TPSA) is 34.1 Å². The standard InChI is InChI=1S/C14H24O2/c1-7-11(15)13(9(3)4)14(10(5)6)12(16)8-2/h9-10H,7-8H2,1-6H3. The Morgan fingerprint density at radius 1 is 0.750 bits per heavy atom. The van der Waals surface area contributed by atoms with Gasteiger partial charge in [-0.3, -0.25) is 9.59 Å². The van der Waals surface area contributed by atoms with E-state index in [0.29, 0.717) is 12.8 Å². The molecule has 2 heteroatoms. The van der Waals surface area contributed by atoms with Crippen LogP contribution in [0.15, 0.2) is 11.1 Å². The summed E-state index contributed by atoms with van der Waals surface area (Å²) in [5, 5.41) is 0. The van der Waals surface area contributed by atoms with Gasteiger partial charge < -0.3 is 0 Å². The third kappa shape index (κ3) is 3.58. The highest BCUT2D eigenvalue weighted by molar-refractivity contribution is 6.06. The smallest absolute Gasteiger partial charge is 0.159 e. The van der Waals surface area contributed by atoms with Crippen LogP contribution in [0.3, 0.4) is 0 Å². The second kappa shape index (κ2) is 6.62. The van der Waals surface area contributed by atoms with Gasteiger partial charge in [0.1, 0.15) is 0 Å². The van der Waals surface area contributed by atoms with Gasteiger partial charge in [0.25, 0.3) is 0 Å². The molecule has 0 aromatic heterocycles. The van der Waals surface area contributed by atoms with Crippen LogP contribution in [-0.2, 0) is 9.59 Å². The molecular weight excluding hydrogens is 200 g/mol. The van der Waals surface area contributed by atoms with Crippen LogP contribution in [-0.4, -0.2) is 11.6 Å². The minimum atomic E-state index is 0.112. The van der Waals surface area contributed by atoms with Gasteiger partial charge in [0.15, 0.2) is 11.6 Å². The molecule has 0 spiro atoms. The highest BCUT2D eigenvalue weighted by Crippen LogP contribution is 2.25. The van der Waals surface area contributed by atoms with E-state index in [9.17, 15) is 9.59 Å². The fourth-order valence-electron chi connectivity index (χ4n) is 1.95. The predicted octanol–water partition coefficient (Wildman–Crippen LogP) is 3.55. The molecular formula is C14H24O2. The van der Waals surface area contributed by atoms with Gasteiger partial charge in [-0.2, -0.15) is 0 Å². The van der Waals surface area contributed by atoms with Crippen LogP contribution in [0.5, 0.6) is 0 Å². The zero-order valence-electron chi connectivity index (χ0n) is 11.4. The minimum Gasteiger partial charge on any atom is -0.295 e. The molecule has 0 unspecified atom stereocenters. The van der Waals surface area contributed by atoms with Gasteiger partial charge >= 0.3 is 0 Å². The van der Waals surface area contributed by atoms with Gasteiger partial charge in [0.05, 0.1) is 0 Å². The quantitative estimate of drug-likeness (QED) is 0.646. The molecule has 0 aliphatic heterocycles. The van der Waals surface area contributed by atoms with E-state index in [0.717, 1.165) is 11.1 Å². The van der Waals surface area contributed by atoms with Crippen molar-refractivity contribution in [3.05, 3.63) is 11.1 Å². The first-order valence-corrected chi connectivity index (χ1v) is 6.17. The summed E-state index contributed by atoms with van der Waals surface area (Å²) in [6, 6.07) is 0. The number of allylic oxidation sites excluding steroid dienone is 2. The monoisotopic (exact) mass is 224 g/mol. The number of carbonyl (C=O) groups excluding carboxylic acids is 2. The summed E-state index contributed by atoms with van der Waals surface area (Å²) in [6.07, 6.45) is 0.946. The summed E-state index contributed by atoms with van der Waals surface area (Å²) in [6.45, 7) is 11.6. The Morgan fingerprint density at radius 2 is 1.00 bits per heavy atom. The lowest BCUT2D eigenvalue weighted by Crippen LogP contribution is -2.18. The van der Waals surface area contributed by atoms with Crippen molar-refractivity contribution in [3.63, 3.8) is 0 Å². The lowest BCUT2D eigenvalue weighted by atomic mass is 9.84. The van der Waals surface area contributed by atoms with E-state index in [1.165, 1.54) is 0 Å². The molecule has 0 bridgehead atoms. The van der Waals surface area contributed by atoms with Crippen molar-refractivity contribution < 1.29 is 9.59 Å². The average Bonchev–Trinajstić information content (AvgIpc) is 2.22. The maximum atomic E-state index is 11.9. The highest BCUT2D eigenvalue weighted by atomic mass is 16.1. The van der Waals surface area contributed by atoms with Crippen LogP contribution in [0.1, 0.15) is 54.4 Å². The fraction of sp³-hybridized carbons (Fsp3) is 0.714. The highest BCUT2D eigenvalue weighted by Gasteiger charge is 2.23. The van der Waals surface area contributed by atoms with Crippen LogP contribution in [0.2, 0.25) is 0 Å². The summed E-state index contributed by atoms with van der Waals surface area (Å²) < 4.78 is 0. The van der Waals surface area contributed by atoms with Gasteiger partial charge in [-0.1, -0.05) is 41.5 Å². The zero-order chi connectivity index (χ0) is 12.9. The molecule has 2 nitrogen and oxygen atoms in total. The number of rotatable bonds is 6. The van der Waals surface area contributed by atoms with Gasteiger partial charge in [0, 0.05) is 24.0 Å². The molecule has 0 heterocycles.